The molecule has 0 saturated heterocycles. The molecule has 0 saturated carbocycles. The van der Waals surface area contributed by atoms with E-state index in [1.807, 2.05) is 38.1 Å². The van der Waals surface area contributed by atoms with Crippen LogP contribution < -0.4 is 4.74 Å². The minimum Gasteiger partial charge on any atom is -0.457 e. The van der Waals surface area contributed by atoms with Crippen molar-refractivity contribution in [2.75, 3.05) is 0 Å². The predicted molar refractivity (Wildman–Crippen MR) is 65.2 cm³/mol. The molecule has 1 heterocycles. The molecule has 0 spiro atoms. The van der Waals surface area contributed by atoms with Gasteiger partial charge in [-0.2, -0.15) is 0 Å². The highest BCUT2D eigenvalue weighted by Crippen LogP contribution is 2.28. The van der Waals surface area contributed by atoms with Crippen LogP contribution >= 0.6 is 11.6 Å². The Bertz CT molecular complexity index is 511. The van der Waals surface area contributed by atoms with Crippen molar-refractivity contribution < 1.29 is 4.74 Å². The van der Waals surface area contributed by atoms with Crippen molar-refractivity contribution in [3.05, 3.63) is 52.8 Å². The molecular formula is C13H12ClNO. The number of hydrogen-bond donors (Lipinski definition) is 0. The third-order valence-corrected chi connectivity index (χ3v) is 2.54. The van der Waals surface area contributed by atoms with Gasteiger partial charge < -0.3 is 4.74 Å². The molecular weight excluding hydrogens is 222 g/mol. The van der Waals surface area contributed by atoms with Crippen LogP contribution in [0.5, 0.6) is 11.5 Å². The van der Waals surface area contributed by atoms with Crippen molar-refractivity contribution >= 4 is 11.6 Å². The lowest BCUT2D eigenvalue weighted by Gasteiger charge is -2.10. The van der Waals surface area contributed by atoms with E-state index in [1.165, 1.54) is 0 Å². The predicted octanol–water partition coefficient (Wildman–Crippen LogP) is 4.14. The molecule has 0 atom stereocenters. The number of aromatic nitrogens is 1. The van der Waals surface area contributed by atoms with Crippen molar-refractivity contribution in [3.63, 3.8) is 0 Å². The second-order valence-electron chi connectivity index (χ2n) is 3.64. The lowest BCUT2D eigenvalue weighted by molar-refractivity contribution is 0.474. The van der Waals surface area contributed by atoms with Gasteiger partial charge in [-0.3, -0.25) is 0 Å². The van der Waals surface area contributed by atoms with Gasteiger partial charge in [0.15, 0.2) is 0 Å². The minimum absolute atomic E-state index is 0.439. The fourth-order valence-electron chi connectivity index (χ4n) is 1.38. The Morgan fingerprint density at radius 2 is 1.81 bits per heavy atom. The maximum absolute atomic E-state index is 5.83. The van der Waals surface area contributed by atoms with Gasteiger partial charge in [0.25, 0.3) is 0 Å². The summed E-state index contributed by atoms with van der Waals surface area (Å²) in [6.45, 7) is 3.95. The summed E-state index contributed by atoms with van der Waals surface area (Å²) in [7, 11) is 0. The van der Waals surface area contributed by atoms with Crippen molar-refractivity contribution in [2.24, 2.45) is 0 Å². The third kappa shape index (κ3) is 2.34. The van der Waals surface area contributed by atoms with Crippen molar-refractivity contribution in [1.82, 2.24) is 4.98 Å². The van der Waals surface area contributed by atoms with Crippen LogP contribution in [0.15, 0.2) is 36.5 Å². The standard InChI is InChI=1S/C13H12ClNO/c1-9-5-3-4-6-11(9)16-12-7-13(14)15-8-10(12)2/h3-8H,1-2H3. The molecule has 2 nitrogen and oxygen atoms in total. The van der Waals surface area contributed by atoms with Crippen LogP contribution in [0.4, 0.5) is 0 Å². The van der Waals surface area contributed by atoms with E-state index in [4.69, 9.17) is 16.3 Å². The molecule has 0 unspecified atom stereocenters. The summed E-state index contributed by atoms with van der Waals surface area (Å²) in [6, 6.07) is 9.59. The fourth-order valence-corrected chi connectivity index (χ4v) is 1.53. The SMILES string of the molecule is Cc1ccccc1Oc1cc(Cl)ncc1C. The molecule has 1 aromatic carbocycles. The van der Waals surface area contributed by atoms with Crippen molar-refractivity contribution in [3.8, 4) is 11.5 Å². The monoisotopic (exact) mass is 233 g/mol. The van der Waals surface area contributed by atoms with Crippen LogP contribution in [0.2, 0.25) is 5.15 Å². The number of benzene rings is 1. The first-order chi connectivity index (χ1) is 7.66. The molecule has 0 amide bonds. The third-order valence-electron chi connectivity index (χ3n) is 2.33. The Morgan fingerprint density at radius 1 is 1.06 bits per heavy atom. The van der Waals surface area contributed by atoms with Gasteiger partial charge in [-0.05, 0) is 25.5 Å². The number of para-hydroxylation sites is 1. The molecule has 0 N–H and O–H groups in total. The van der Waals surface area contributed by atoms with Crippen LogP contribution in [0.25, 0.3) is 0 Å². The molecule has 0 aliphatic rings. The summed E-state index contributed by atoms with van der Waals surface area (Å²) >= 11 is 5.83. The normalized spacial score (nSPS) is 10.2. The zero-order chi connectivity index (χ0) is 11.5. The molecule has 0 fully saturated rings. The van der Waals surface area contributed by atoms with Gasteiger partial charge in [-0.15, -0.1) is 0 Å². The maximum atomic E-state index is 5.83. The Morgan fingerprint density at radius 3 is 2.56 bits per heavy atom. The summed E-state index contributed by atoms with van der Waals surface area (Å²) in [5.74, 6) is 1.59. The van der Waals surface area contributed by atoms with E-state index in [0.29, 0.717) is 5.15 Å². The molecule has 0 aliphatic carbocycles. The quantitative estimate of drug-likeness (QED) is 0.728. The first-order valence-corrected chi connectivity index (χ1v) is 5.40. The van der Waals surface area contributed by atoms with E-state index >= 15 is 0 Å². The average molecular weight is 234 g/mol. The van der Waals surface area contributed by atoms with E-state index in [2.05, 4.69) is 4.98 Å². The van der Waals surface area contributed by atoms with Crippen LogP contribution in [-0.2, 0) is 0 Å². The summed E-state index contributed by atoms with van der Waals surface area (Å²) in [5, 5.41) is 0.439. The second-order valence-corrected chi connectivity index (χ2v) is 4.03. The van der Waals surface area contributed by atoms with Crippen LogP contribution in [0, 0.1) is 13.8 Å². The molecule has 2 aromatic rings. The van der Waals surface area contributed by atoms with Gasteiger partial charge in [0.2, 0.25) is 0 Å². The summed E-state index contributed by atoms with van der Waals surface area (Å²) in [4.78, 5) is 3.99. The number of halogens is 1. The highest BCUT2D eigenvalue weighted by atomic mass is 35.5. The highest BCUT2D eigenvalue weighted by molar-refractivity contribution is 6.29. The zero-order valence-electron chi connectivity index (χ0n) is 9.20. The van der Waals surface area contributed by atoms with E-state index < -0.39 is 0 Å². The van der Waals surface area contributed by atoms with E-state index in [1.54, 1.807) is 12.3 Å². The van der Waals surface area contributed by atoms with Gasteiger partial charge in [0.1, 0.15) is 16.7 Å². The van der Waals surface area contributed by atoms with Crippen molar-refractivity contribution in [1.29, 1.82) is 0 Å². The number of aryl methyl sites for hydroxylation is 2. The van der Waals surface area contributed by atoms with E-state index in [-0.39, 0.29) is 0 Å². The van der Waals surface area contributed by atoms with Gasteiger partial charge in [-0.1, -0.05) is 29.8 Å². The number of nitrogens with zero attached hydrogens (tertiary/aromatic N) is 1. The fraction of sp³-hybridized carbons (Fsp3) is 0.154. The van der Waals surface area contributed by atoms with Crippen LogP contribution in [-0.4, -0.2) is 4.98 Å². The van der Waals surface area contributed by atoms with Gasteiger partial charge in [0.05, 0.1) is 0 Å². The lowest BCUT2D eigenvalue weighted by Crippen LogP contribution is -1.91. The Balaban J connectivity index is 2.34. The largest absolute Gasteiger partial charge is 0.457 e. The molecule has 0 radical (unpaired) electrons. The van der Waals surface area contributed by atoms with Gasteiger partial charge in [0, 0.05) is 17.8 Å². The van der Waals surface area contributed by atoms with Gasteiger partial charge >= 0.3 is 0 Å². The Kier molecular flexibility index (Phi) is 3.11. The smallest absolute Gasteiger partial charge is 0.134 e. The number of rotatable bonds is 2. The summed E-state index contributed by atoms with van der Waals surface area (Å²) in [5.41, 5.74) is 2.06. The topological polar surface area (TPSA) is 22.1 Å². The summed E-state index contributed by atoms with van der Waals surface area (Å²) in [6.07, 6.45) is 1.70. The Hall–Kier alpha value is -1.54. The Labute approximate surface area is 99.9 Å². The molecule has 1 aromatic heterocycles. The van der Waals surface area contributed by atoms with Gasteiger partial charge in [-0.25, -0.2) is 4.98 Å². The van der Waals surface area contributed by atoms with E-state index in [9.17, 15) is 0 Å². The molecule has 0 aliphatic heterocycles. The number of ether oxygens (including phenoxy) is 1. The highest BCUT2D eigenvalue weighted by Gasteiger charge is 2.04. The first kappa shape index (κ1) is 11.0. The number of pyridine rings is 1. The minimum atomic E-state index is 0.439. The van der Waals surface area contributed by atoms with Crippen molar-refractivity contribution in [2.45, 2.75) is 13.8 Å². The molecule has 0 bridgehead atoms. The maximum Gasteiger partial charge on any atom is 0.134 e. The van der Waals surface area contributed by atoms with Crippen LogP contribution in [0.3, 0.4) is 0 Å². The number of hydrogen-bond acceptors (Lipinski definition) is 2. The second kappa shape index (κ2) is 4.54. The van der Waals surface area contributed by atoms with Crippen LogP contribution in [0.1, 0.15) is 11.1 Å². The summed E-state index contributed by atoms with van der Waals surface area (Å²) < 4.78 is 5.80. The first-order valence-electron chi connectivity index (χ1n) is 5.02. The molecule has 82 valence electrons. The zero-order valence-corrected chi connectivity index (χ0v) is 9.95. The average Bonchev–Trinajstić information content (AvgIpc) is 2.27. The molecule has 3 heteroatoms. The van der Waals surface area contributed by atoms with E-state index in [0.717, 1.165) is 22.6 Å². The molecule has 16 heavy (non-hydrogen) atoms. The molecule has 2 rings (SSSR count). The lowest BCUT2D eigenvalue weighted by atomic mass is 10.2.